The highest BCUT2D eigenvalue weighted by Gasteiger charge is 2.27. The summed E-state index contributed by atoms with van der Waals surface area (Å²) in [5.41, 5.74) is 0. The van der Waals surface area contributed by atoms with Crippen molar-refractivity contribution in [1.82, 2.24) is 5.32 Å². The van der Waals surface area contributed by atoms with Crippen LogP contribution >= 0.6 is 0 Å². The van der Waals surface area contributed by atoms with Crippen LogP contribution in [-0.2, 0) is 14.3 Å². The SMILES string of the molecule is C[C@H](O)CC(=O)N[C@H]1CCOC1=O. The van der Waals surface area contributed by atoms with Crippen molar-refractivity contribution >= 4 is 11.9 Å². The Morgan fingerprint density at radius 3 is 3.00 bits per heavy atom. The van der Waals surface area contributed by atoms with E-state index in [1.54, 1.807) is 0 Å². The molecule has 0 spiro atoms. The third-order valence-corrected chi connectivity index (χ3v) is 1.75. The van der Waals surface area contributed by atoms with Gasteiger partial charge in [-0.15, -0.1) is 0 Å². The number of amides is 1. The minimum Gasteiger partial charge on any atom is -0.464 e. The zero-order valence-electron chi connectivity index (χ0n) is 7.45. The molecule has 1 heterocycles. The van der Waals surface area contributed by atoms with Crippen molar-refractivity contribution < 1.29 is 19.4 Å². The Labute approximate surface area is 76.1 Å². The molecule has 1 aliphatic heterocycles. The van der Waals surface area contributed by atoms with Crippen LogP contribution in [0.3, 0.4) is 0 Å². The summed E-state index contributed by atoms with van der Waals surface area (Å²) < 4.78 is 4.66. The van der Waals surface area contributed by atoms with E-state index >= 15 is 0 Å². The maximum Gasteiger partial charge on any atom is 0.328 e. The number of esters is 1. The molecule has 1 saturated heterocycles. The van der Waals surface area contributed by atoms with E-state index in [4.69, 9.17) is 5.11 Å². The van der Waals surface area contributed by atoms with Crippen molar-refractivity contribution in [2.24, 2.45) is 0 Å². The number of nitrogens with one attached hydrogen (secondary N) is 1. The Balaban J connectivity index is 2.31. The number of carbonyl (C=O) groups excluding carboxylic acids is 2. The van der Waals surface area contributed by atoms with Gasteiger partial charge in [-0.2, -0.15) is 0 Å². The maximum absolute atomic E-state index is 11.1. The Bertz CT molecular complexity index is 214. The van der Waals surface area contributed by atoms with E-state index in [0.717, 1.165) is 0 Å². The minimum atomic E-state index is -0.683. The Morgan fingerprint density at radius 2 is 2.54 bits per heavy atom. The second-order valence-corrected chi connectivity index (χ2v) is 3.13. The summed E-state index contributed by atoms with van der Waals surface area (Å²) in [6.45, 7) is 1.88. The van der Waals surface area contributed by atoms with Crippen molar-refractivity contribution in [3.8, 4) is 0 Å². The van der Waals surface area contributed by atoms with Crippen molar-refractivity contribution in [3.05, 3.63) is 0 Å². The first-order chi connectivity index (χ1) is 6.09. The average molecular weight is 187 g/mol. The molecule has 0 unspecified atom stereocenters. The summed E-state index contributed by atoms with van der Waals surface area (Å²) in [6.07, 6.45) is -0.147. The molecule has 74 valence electrons. The van der Waals surface area contributed by atoms with Crippen molar-refractivity contribution in [1.29, 1.82) is 0 Å². The number of hydrogen-bond acceptors (Lipinski definition) is 4. The van der Waals surface area contributed by atoms with E-state index in [1.165, 1.54) is 6.92 Å². The Hall–Kier alpha value is -1.10. The summed E-state index contributed by atoms with van der Waals surface area (Å²) in [5, 5.41) is 11.4. The van der Waals surface area contributed by atoms with Crippen LogP contribution in [0, 0.1) is 0 Å². The highest BCUT2D eigenvalue weighted by Crippen LogP contribution is 2.05. The van der Waals surface area contributed by atoms with E-state index in [2.05, 4.69) is 10.1 Å². The van der Waals surface area contributed by atoms with Gasteiger partial charge in [-0.1, -0.05) is 0 Å². The smallest absolute Gasteiger partial charge is 0.328 e. The van der Waals surface area contributed by atoms with E-state index in [-0.39, 0.29) is 18.3 Å². The number of ether oxygens (including phenoxy) is 1. The molecule has 0 bridgehead atoms. The minimum absolute atomic E-state index is 0.0176. The number of carbonyl (C=O) groups is 2. The van der Waals surface area contributed by atoms with Gasteiger partial charge in [0, 0.05) is 6.42 Å². The number of cyclic esters (lactones) is 1. The van der Waals surface area contributed by atoms with Crippen LogP contribution in [0.4, 0.5) is 0 Å². The monoisotopic (exact) mass is 187 g/mol. The van der Waals surface area contributed by atoms with Gasteiger partial charge >= 0.3 is 5.97 Å². The molecule has 0 aliphatic carbocycles. The van der Waals surface area contributed by atoms with Gasteiger partial charge < -0.3 is 15.2 Å². The second-order valence-electron chi connectivity index (χ2n) is 3.13. The lowest BCUT2D eigenvalue weighted by atomic mass is 10.2. The molecule has 1 fully saturated rings. The fourth-order valence-electron chi connectivity index (χ4n) is 1.15. The van der Waals surface area contributed by atoms with E-state index in [0.29, 0.717) is 13.0 Å². The fraction of sp³-hybridized carbons (Fsp3) is 0.750. The summed E-state index contributed by atoms with van der Waals surface area (Å²) >= 11 is 0. The number of aliphatic hydroxyl groups is 1. The van der Waals surface area contributed by atoms with Crippen LogP contribution in [-0.4, -0.2) is 35.7 Å². The van der Waals surface area contributed by atoms with Crippen molar-refractivity contribution in [2.75, 3.05) is 6.61 Å². The lowest BCUT2D eigenvalue weighted by Crippen LogP contribution is -2.39. The van der Waals surface area contributed by atoms with Crippen LogP contribution in [0.25, 0.3) is 0 Å². The number of aliphatic hydroxyl groups excluding tert-OH is 1. The van der Waals surface area contributed by atoms with Gasteiger partial charge in [-0.25, -0.2) is 4.79 Å². The first-order valence-corrected chi connectivity index (χ1v) is 4.23. The van der Waals surface area contributed by atoms with Gasteiger partial charge in [0.05, 0.1) is 19.1 Å². The molecule has 2 atom stereocenters. The lowest BCUT2D eigenvalue weighted by molar-refractivity contribution is -0.141. The molecule has 5 heteroatoms. The zero-order chi connectivity index (χ0) is 9.84. The molecule has 13 heavy (non-hydrogen) atoms. The van der Waals surface area contributed by atoms with Gasteiger partial charge in [0.1, 0.15) is 6.04 Å². The number of rotatable bonds is 3. The van der Waals surface area contributed by atoms with Crippen molar-refractivity contribution in [3.63, 3.8) is 0 Å². The molecular weight excluding hydrogens is 174 g/mol. The van der Waals surface area contributed by atoms with Gasteiger partial charge in [0.2, 0.25) is 5.91 Å². The third-order valence-electron chi connectivity index (χ3n) is 1.75. The van der Waals surface area contributed by atoms with Crippen LogP contribution in [0.2, 0.25) is 0 Å². The molecule has 1 aliphatic rings. The quantitative estimate of drug-likeness (QED) is 0.566. The van der Waals surface area contributed by atoms with E-state index in [9.17, 15) is 9.59 Å². The summed E-state index contributed by atoms with van der Waals surface area (Å²) in [4.78, 5) is 22.0. The zero-order valence-corrected chi connectivity index (χ0v) is 7.45. The molecular formula is C8H13NO4. The normalized spacial score (nSPS) is 23.8. The molecule has 5 nitrogen and oxygen atoms in total. The van der Waals surface area contributed by atoms with E-state index < -0.39 is 12.1 Å². The summed E-state index contributed by atoms with van der Waals surface area (Å²) in [6, 6.07) is -0.522. The maximum atomic E-state index is 11.1. The molecule has 1 amide bonds. The highest BCUT2D eigenvalue weighted by molar-refractivity contribution is 5.85. The second kappa shape index (κ2) is 4.23. The predicted molar refractivity (Wildman–Crippen MR) is 43.8 cm³/mol. The highest BCUT2D eigenvalue weighted by atomic mass is 16.5. The molecule has 0 aromatic heterocycles. The first-order valence-electron chi connectivity index (χ1n) is 4.23. The summed E-state index contributed by atoms with van der Waals surface area (Å²) in [5.74, 6) is -0.710. The molecule has 0 saturated carbocycles. The molecule has 2 N–H and O–H groups in total. The molecule has 1 rings (SSSR count). The van der Waals surface area contributed by atoms with E-state index in [1.807, 2.05) is 0 Å². The predicted octanol–water partition coefficient (Wildman–Crippen LogP) is -0.811. The number of hydrogen-bond donors (Lipinski definition) is 2. The lowest BCUT2D eigenvalue weighted by Gasteiger charge is -2.09. The largest absolute Gasteiger partial charge is 0.464 e. The first kappa shape index (κ1) is 9.98. The van der Waals surface area contributed by atoms with Gasteiger partial charge in [-0.3, -0.25) is 4.79 Å². The van der Waals surface area contributed by atoms with Gasteiger partial charge in [0.15, 0.2) is 0 Å². The van der Waals surface area contributed by atoms with Gasteiger partial charge in [0.25, 0.3) is 0 Å². The van der Waals surface area contributed by atoms with Crippen LogP contribution in [0.15, 0.2) is 0 Å². The van der Waals surface area contributed by atoms with Gasteiger partial charge in [-0.05, 0) is 6.92 Å². The Kier molecular flexibility index (Phi) is 3.25. The third kappa shape index (κ3) is 3.02. The van der Waals surface area contributed by atoms with Crippen molar-refractivity contribution in [2.45, 2.75) is 31.9 Å². The average Bonchev–Trinajstić information content (AvgIpc) is 2.34. The molecule has 0 radical (unpaired) electrons. The standard InChI is InChI=1S/C8H13NO4/c1-5(10)4-7(11)9-6-2-3-13-8(6)12/h5-6,10H,2-4H2,1H3,(H,9,11)/t5-,6-/m0/s1. The molecule has 0 aromatic carbocycles. The van der Waals surface area contributed by atoms with Crippen LogP contribution < -0.4 is 5.32 Å². The van der Waals surface area contributed by atoms with Crippen LogP contribution in [0.5, 0.6) is 0 Å². The topological polar surface area (TPSA) is 75.6 Å². The summed E-state index contributed by atoms with van der Waals surface area (Å²) in [7, 11) is 0. The Morgan fingerprint density at radius 1 is 1.85 bits per heavy atom. The van der Waals surface area contributed by atoms with Crippen LogP contribution in [0.1, 0.15) is 19.8 Å². The molecule has 0 aromatic rings. The fourth-order valence-corrected chi connectivity index (χ4v) is 1.15.